The molecule has 1 aromatic heterocycles. The van der Waals surface area contributed by atoms with Gasteiger partial charge in [-0.05, 0) is 55.0 Å². The van der Waals surface area contributed by atoms with Crippen molar-refractivity contribution in [2.24, 2.45) is 5.73 Å². The third-order valence-electron chi connectivity index (χ3n) is 4.05. The van der Waals surface area contributed by atoms with Crippen molar-refractivity contribution < 1.29 is 4.74 Å². The Morgan fingerprint density at radius 1 is 1.10 bits per heavy atom. The highest BCUT2D eigenvalue weighted by Crippen LogP contribution is 2.34. The molecule has 1 aromatic carbocycles. The first-order chi connectivity index (χ1) is 9.78. The Bertz CT molecular complexity index is 550. The quantitative estimate of drug-likeness (QED) is 0.864. The Balaban J connectivity index is 1.84. The smallest absolute Gasteiger partial charge is 0.118 e. The van der Waals surface area contributed by atoms with Gasteiger partial charge in [0.05, 0.1) is 13.2 Å². The molecule has 2 nitrogen and oxygen atoms in total. The Morgan fingerprint density at radius 2 is 1.85 bits per heavy atom. The van der Waals surface area contributed by atoms with Gasteiger partial charge >= 0.3 is 0 Å². The van der Waals surface area contributed by atoms with E-state index in [1.54, 1.807) is 12.0 Å². The summed E-state index contributed by atoms with van der Waals surface area (Å²) in [5.74, 6) is 0.878. The molecule has 1 atom stereocenters. The van der Waals surface area contributed by atoms with Crippen LogP contribution in [0, 0.1) is 0 Å². The van der Waals surface area contributed by atoms with Crippen molar-refractivity contribution in [3.8, 4) is 5.75 Å². The lowest BCUT2D eigenvalue weighted by Crippen LogP contribution is -2.10. The first kappa shape index (κ1) is 13.7. The summed E-state index contributed by atoms with van der Waals surface area (Å²) in [6.45, 7) is 0. The molecule has 2 N–H and O–H groups in total. The van der Waals surface area contributed by atoms with E-state index >= 15 is 0 Å². The van der Waals surface area contributed by atoms with Gasteiger partial charge in [0.15, 0.2) is 0 Å². The van der Waals surface area contributed by atoms with Crippen molar-refractivity contribution in [3.63, 3.8) is 0 Å². The lowest BCUT2D eigenvalue weighted by atomic mass is 10.0. The number of rotatable bonds is 3. The van der Waals surface area contributed by atoms with Gasteiger partial charge in [-0.1, -0.05) is 18.6 Å². The number of hydrogen-bond donors (Lipinski definition) is 1. The van der Waals surface area contributed by atoms with Crippen LogP contribution < -0.4 is 10.5 Å². The molecule has 2 aromatic rings. The van der Waals surface area contributed by atoms with Gasteiger partial charge in [0, 0.05) is 9.75 Å². The fraction of sp³-hybridized carbons (Fsp3) is 0.412. The molecule has 1 aliphatic rings. The Kier molecular flexibility index (Phi) is 4.08. The van der Waals surface area contributed by atoms with Gasteiger partial charge in [0.2, 0.25) is 0 Å². The second-order valence-corrected chi connectivity index (χ2v) is 6.58. The predicted molar refractivity (Wildman–Crippen MR) is 84.6 cm³/mol. The molecule has 1 heterocycles. The second-order valence-electron chi connectivity index (χ2n) is 5.41. The zero-order chi connectivity index (χ0) is 13.9. The van der Waals surface area contributed by atoms with Crippen LogP contribution in [-0.4, -0.2) is 7.11 Å². The summed E-state index contributed by atoms with van der Waals surface area (Å²) in [6.07, 6.45) is 6.46. The number of thiophene rings is 1. The Hall–Kier alpha value is -1.32. The number of fused-ring (bicyclic) bond motifs is 1. The SMILES string of the molecule is COc1ccc(C(N)c2cc3c(s2)CCCCC3)cc1. The number of benzene rings is 1. The van der Waals surface area contributed by atoms with Crippen LogP contribution in [0.4, 0.5) is 0 Å². The summed E-state index contributed by atoms with van der Waals surface area (Å²) in [5, 5.41) is 0. The van der Waals surface area contributed by atoms with Crippen molar-refractivity contribution in [2.45, 2.75) is 38.1 Å². The lowest BCUT2D eigenvalue weighted by molar-refractivity contribution is 0.414. The van der Waals surface area contributed by atoms with Crippen LogP contribution in [-0.2, 0) is 12.8 Å². The van der Waals surface area contributed by atoms with E-state index in [-0.39, 0.29) is 6.04 Å². The molecule has 0 bridgehead atoms. The maximum absolute atomic E-state index is 6.43. The number of aryl methyl sites for hydroxylation is 2. The third-order valence-corrected chi connectivity index (χ3v) is 5.37. The van der Waals surface area contributed by atoms with E-state index in [0.717, 1.165) is 11.3 Å². The number of methoxy groups -OCH3 is 1. The summed E-state index contributed by atoms with van der Waals surface area (Å²) in [4.78, 5) is 2.85. The molecule has 0 saturated carbocycles. The number of nitrogens with two attached hydrogens (primary N) is 1. The second kappa shape index (κ2) is 5.98. The largest absolute Gasteiger partial charge is 0.497 e. The van der Waals surface area contributed by atoms with Gasteiger partial charge < -0.3 is 10.5 Å². The maximum atomic E-state index is 6.43. The normalized spacial score (nSPS) is 16.3. The van der Waals surface area contributed by atoms with E-state index in [4.69, 9.17) is 10.5 Å². The topological polar surface area (TPSA) is 35.2 Å². The lowest BCUT2D eigenvalue weighted by Gasteiger charge is -2.10. The zero-order valence-corrected chi connectivity index (χ0v) is 12.7. The van der Waals surface area contributed by atoms with Crippen LogP contribution >= 0.6 is 11.3 Å². The molecular weight excluding hydrogens is 266 g/mol. The van der Waals surface area contributed by atoms with Crippen LogP contribution in [0.25, 0.3) is 0 Å². The van der Waals surface area contributed by atoms with Gasteiger partial charge in [0.1, 0.15) is 5.75 Å². The fourth-order valence-corrected chi connectivity index (χ4v) is 4.11. The average Bonchev–Trinajstić information content (AvgIpc) is 2.77. The van der Waals surface area contributed by atoms with E-state index in [9.17, 15) is 0 Å². The molecule has 0 spiro atoms. The third kappa shape index (κ3) is 2.74. The molecule has 3 heteroatoms. The predicted octanol–water partition coefficient (Wildman–Crippen LogP) is 4.07. The van der Waals surface area contributed by atoms with Crippen molar-refractivity contribution in [3.05, 3.63) is 51.2 Å². The zero-order valence-electron chi connectivity index (χ0n) is 11.9. The first-order valence-corrected chi connectivity index (χ1v) is 8.10. The minimum Gasteiger partial charge on any atom is -0.497 e. The molecular formula is C17H21NOS. The van der Waals surface area contributed by atoms with Crippen molar-refractivity contribution in [1.29, 1.82) is 0 Å². The van der Waals surface area contributed by atoms with Gasteiger partial charge in [-0.2, -0.15) is 0 Å². The fourth-order valence-electron chi connectivity index (χ4n) is 2.82. The molecule has 1 unspecified atom stereocenters. The summed E-state index contributed by atoms with van der Waals surface area (Å²) < 4.78 is 5.20. The summed E-state index contributed by atoms with van der Waals surface area (Å²) in [5.41, 5.74) is 9.12. The molecule has 20 heavy (non-hydrogen) atoms. The van der Waals surface area contributed by atoms with Gasteiger partial charge in [-0.15, -0.1) is 11.3 Å². The molecule has 1 aliphatic carbocycles. The van der Waals surface area contributed by atoms with Gasteiger partial charge in [-0.3, -0.25) is 0 Å². The van der Waals surface area contributed by atoms with E-state index in [1.807, 2.05) is 23.5 Å². The van der Waals surface area contributed by atoms with Crippen molar-refractivity contribution in [1.82, 2.24) is 0 Å². The van der Waals surface area contributed by atoms with Gasteiger partial charge in [0.25, 0.3) is 0 Å². The highest BCUT2D eigenvalue weighted by Gasteiger charge is 2.17. The standard InChI is InChI=1S/C17H21NOS/c1-19-14-9-7-12(8-10-14)17(18)16-11-13-5-3-2-4-6-15(13)20-16/h7-11,17H,2-6,18H2,1H3. The average molecular weight is 287 g/mol. The van der Waals surface area contributed by atoms with Crippen LogP contribution in [0.15, 0.2) is 30.3 Å². The van der Waals surface area contributed by atoms with Crippen LogP contribution in [0.3, 0.4) is 0 Å². The number of ether oxygens (including phenoxy) is 1. The molecule has 106 valence electrons. The highest BCUT2D eigenvalue weighted by atomic mass is 32.1. The highest BCUT2D eigenvalue weighted by molar-refractivity contribution is 7.12. The molecule has 0 fully saturated rings. The van der Waals surface area contributed by atoms with Crippen molar-refractivity contribution >= 4 is 11.3 Å². The molecule has 0 aliphatic heterocycles. The summed E-state index contributed by atoms with van der Waals surface area (Å²) >= 11 is 1.91. The minimum absolute atomic E-state index is 0.0159. The molecule has 0 saturated heterocycles. The van der Waals surface area contributed by atoms with E-state index in [0.29, 0.717) is 0 Å². The van der Waals surface area contributed by atoms with Crippen LogP contribution in [0.2, 0.25) is 0 Å². The summed E-state index contributed by atoms with van der Waals surface area (Å²) in [7, 11) is 1.69. The minimum atomic E-state index is -0.0159. The monoisotopic (exact) mass is 287 g/mol. The van der Waals surface area contributed by atoms with Gasteiger partial charge in [-0.25, -0.2) is 0 Å². The molecule has 0 radical (unpaired) electrons. The summed E-state index contributed by atoms with van der Waals surface area (Å²) in [6, 6.07) is 10.4. The van der Waals surface area contributed by atoms with E-state index < -0.39 is 0 Å². The molecule has 0 amide bonds. The first-order valence-electron chi connectivity index (χ1n) is 7.29. The van der Waals surface area contributed by atoms with E-state index in [1.165, 1.54) is 42.5 Å². The van der Waals surface area contributed by atoms with E-state index in [2.05, 4.69) is 18.2 Å². The van der Waals surface area contributed by atoms with Crippen molar-refractivity contribution in [2.75, 3.05) is 7.11 Å². The Morgan fingerprint density at radius 3 is 2.60 bits per heavy atom. The van der Waals surface area contributed by atoms with Crippen LogP contribution in [0.5, 0.6) is 5.75 Å². The van der Waals surface area contributed by atoms with Crippen LogP contribution in [0.1, 0.15) is 46.2 Å². The Labute approximate surface area is 124 Å². The maximum Gasteiger partial charge on any atom is 0.118 e. The molecule has 3 rings (SSSR count). The number of hydrogen-bond acceptors (Lipinski definition) is 3.